The van der Waals surface area contributed by atoms with Gasteiger partial charge in [0.2, 0.25) is 5.13 Å². The summed E-state index contributed by atoms with van der Waals surface area (Å²) < 4.78 is 4.87. The Morgan fingerprint density at radius 2 is 2.25 bits per heavy atom. The molecule has 0 aromatic carbocycles. The third kappa shape index (κ3) is 3.62. The summed E-state index contributed by atoms with van der Waals surface area (Å²) in [5, 5.41) is 9.64. The lowest BCUT2D eigenvalue weighted by molar-refractivity contribution is -0.0619. The number of thioether (sulfide) groups is 1. The number of nitrogens with zero attached hydrogens (tertiary/aromatic N) is 6. The van der Waals surface area contributed by atoms with Gasteiger partial charge in [-0.05, 0) is 11.5 Å². The van der Waals surface area contributed by atoms with Crippen molar-refractivity contribution in [1.29, 1.82) is 0 Å². The summed E-state index contributed by atoms with van der Waals surface area (Å²) in [6.45, 7) is 0. The zero-order valence-corrected chi connectivity index (χ0v) is 13.5. The van der Waals surface area contributed by atoms with Gasteiger partial charge in [-0.1, -0.05) is 23.1 Å². The topological polar surface area (TPSA) is 84.3 Å². The summed E-state index contributed by atoms with van der Waals surface area (Å²) in [5.41, 5.74) is 1.69. The second kappa shape index (κ2) is 6.92. The standard InChI is InChI=1S/C9H12N6O2S3/c1-14(9(16)15(2)17-3)7-11-12-8(20-7)18-4-6-10-5-19-13-6/h5H,4H2,1-3H3. The second-order valence-electron chi connectivity index (χ2n) is 3.51. The fourth-order valence-electron chi connectivity index (χ4n) is 1.15. The van der Waals surface area contributed by atoms with Crippen LogP contribution in [0, 0.1) is 0 Å². The van der Waals surface area contributed by atoms with E-state index in [2.05, 4.69) is 19.6 Å². The fraction of sp³-hybridized carbons (Fsp3) is 0.444. The number of hydrogen-bond donors (Lipinski definition) is 0. The number of anilines is 1. The molecule has 0 spiro atoms. The zero-order chi connectivity index (χ0) is 14.5. The van der Waals surface area contributed by atoms with E-state index in [0.29, 0.717) is 10.9 Å². The molecule has 2 heterocycles. The first kappa shape index (κ1) is 15.1. The highest BCUT2D eigenvalue weighted by Crippen LogP contribution is 2.29. The third-order valence-corrected chi connectivity index (χ3v) is 4.89. The molecular formula is C9H12N6O2S3. The Kier molecular flexibility index (Phi) is 5.23. The van der Waals surface area contributed by atoms with Gasteiger partial charge in [-0.3, -0.25) is 9.74 Å². The van der Waals surface area contributed by atoms with Crippen LogP contribution in [0.1, 0.15) is 5.82 Å². The maximum atomic E-state index is 11.9. The van der Waals surface area contributed by atoms with Crippen molar-refractivity contribution in [3.05, 3.63) is 11.3 Å². The van der Waals surface area contributed by atoms with Gasteiger partial charge >= 0.3 is 6.03 Å². The van der Waals surface area contributed by atoms with Gasteiger partial charge in [0.05, 0.1) is 12.9 Å². The van der Waals surface area contributed by atoms with E-state index < -0.39 is 0 Å². The smallest absolute Gasteiger partial charge is 0.273 e. The molecular weight excluding hydrogens is 320 g/mol. The Balaban J connectivity index is 1.96. The van der Waals surface area contributed by atoms with Gasteiger partial charge in [-0.2, -0.15) is 4.37 Å². The number of carbonyl (C=O) groups excluding carboxylic acids is 1. The maximum absolute atomic E-state index is 11.9. The SMILES string of the molecule is CON(C)C(=O)N(C)c1nnc(SCc2ncsn2)s1. The van der Waals surface area contributed by atoms with Crippen LogP contribution in [0.25, 0.3) is 0 Å². The largest absolute Gasteiger partial charge is 0.349 e. The Morgan fingerprint density at radius 1 is 1.45 bits per heavy atom. The first-order valence-electron chi connectivity index (χ1n) is 5.39. The van der Waals surface area contributed by atoms with E-state index in [1.807, 2.05) is 0 Å². The maximum Gasteiger partial charge on any atom is 0.349 e. The quantitative estimate of drug-likeness (QED) is 0.468. The van der Waals surface area contributed by atoms with Crippen LogP contribution in [0.2, 0.25) is 0 Å². The minimum atomic E-state index is -0.318. The van der Waals surface area contributed by atoms with Gasteiger partial charge in [0.25, 0.3) is 0 Å². The van der Waals surface area contributed by atoms with Gasteiger partial charge in [-0.25, -0.2) is 14.8 Å². The molecule has 20 heavy (non-hydrogen) atoms. The predicted octanol–water partition coefficient (Wildman–Crippen LogP) is 1.73. The second-order valence-corrected chi connectivity index (χ2v) is 6.29. The van der Waals surface area contributed by atoms with Gasteiger partial charge < -0.3 is 0 Å². The summed E-state index contributed by atoms with van der Waals surface area (Å²) in [4.78, 5) is 22.2. The van der Waals surface area contributed by atoms with E-state index in [1.165, 1.54) is 53.7 Å². The van der Waals surface area contributed by atoms with Crippen molar-refractivity contribution in [3.8, 4) is 0 Å². The van der Waals surface area contributed by atoms with E-state index in [1.54, 1.807) is 12.6 Å². The van der Waals surface area contributed by atoms with Crippen molar-refractivity contribution in [3.63, 3.8) is 0 Å². The number of hydroxylamine groups is 2. The van der Waals surface area contributed by atoms with Crippen molar-refractivity contribution in [2.24, 2.45) is 0 Å². The summed E-state index contributed by atoms with van der Waals surface area (Å²) in [6, 6.07) is -0.318. The van der Waals surface area contributed by atoms with Crippen LogP contribution in [-0.2, 0) is 10.6 Å². The lowest BCUT2D eigenvalue weighted by atomic mass is 10.7. The van der Waals surface area contributed by atoms with E-state index in [-0.39, 0.29) is 6.03 Å². The number of carbonyl (C=O) groups is 1. The minimum Gasteiger partial charge on any atom is -0.273 e. The molecule has 0 N–H and O–H groups in total. The van der Waals surface area contributed by atoms with E-state index in [0.717, 1.165) is 15.2 Å². The monoisotopic (exact) mass is 332 g/mol. The van der Waals surface area contributed by atoms with Crippen molar-refractivity contribution in [2.45, 2.75) is 10.1 Å². The van der Waals surface area contributed by atoms with Crippen LogP contribution in [-0.4, -0.2) is 51.9 Å². The molecule has 11 heteroatoms. The average Bonchev–Trinajstić information content (AvgIpc) is 3.13. The summed E-state index contributed by atoms with van der Waals surface area (Å²) >= 11 is 4.13. The molecule has 0 atom stereocenters. The van der Waals surface area contributed by atoms with Crippen molar-refractivity contribution in [1.82, 2.24) is 24.6 Å². The molecule has 0 radical (unpaired) electrons. The summed E-state index contributed by atoms with van der Waals surface area (Å²) in [7, 11) is 4.58. The number of rotatable bonds is 5. The van der Waals surface area contributed by atoms with Crippen LogP contribution in [0.5, 0.6) is 0 Å². The first-order chi connectivity index (χ1) is 9.61. The molecule has 108 valence electrons. The molecule has 0 bridgehead atoms. The predicted molar refractivity (Wildman–Crippen MR) is 78.0 cm³/mol. The summed E-state index contributed by atoms with van der Waals surface area (Å²) in [6.07, 6.45) is 0. The number of urea groups is 1. The molecule has 0 unspecified atom stereocenters. The van der Waals surface area contributed by atoms with E-state index in [4.69, 9.17) is 4.84 Å². The molecule has 0 aliphatic rings. The fourth-order valence-corrected chi connectivity index (χ4v) is 3.34. The molecule has 0 fully saturated rings. The molecule has 0 saturated heterocycles. The number of amides is 2. The average molecular weight is 332 g/mol. The lowest BCUT2D eigenvalue weighted by Gasteiger charge is -2.19. The zero-order valence-electron chi connectivity index (χ0n) is 11.0. The molecule has 2 aromatic heterocycles. The van der Waals surface area contributed by atoms with Crippen molar-refractivity contribution >= 4 is 45.8 Å². The highest BCUT2D eigenvalue weighted by molar-refractivity contribution is 8.00. The molecule has 8 nitrogen and oxygen atoms in total. The van der Waals surface area contributed by atoms with Crippen LogP contribution >= 0.6 is 34.6 Å². The Morgan fingerprint density at radius 3 is 2.90 bits per heavy atom. The summed E-state index contributed by atoms with van der Waals surface area (Å²) in [5.74, 6) is 1.40. The van der Waals surface area contributed by atoms with Crippen LogP contribution in [0.4, 0.5) is 9.93 Å². The van der Waals surface area contributed by atoms with Gasteiger partial charge in [-0.15, -0.1) is 10.2 Å². The van der Waals surface area contributed by atoms with Gasteiger partial charge in [0.1, 0.15) is 5.51 Å². The normalized spacial score (nSPS) is 10.6. The van der Waals surface area contributed by atoms with Crippen molar-refractivity contribution < 1.29 is 9.63 Å². The van der Waals surface area contributed by atoms with E-state index >= 15 is 0 Å². The van der Waals surface area contributed by atoms with Crippen LogP contribution < -0.4 is 4.90 Å². The first-order valence-corrected chi connectivity index (χ1v) is 8.02. The van der Waals surface area contributed by atoms with Crippen molar-refractivity contribution in [2.75, 3.05) is 26.1 Å². The third-order valence-electron chi connectivity index (χ3n) is 2.24. The van der Waals surface area contributed by atoms with E-state index in [9.17, 15) is 4.79 Å². The van der Waals surface area contributed by atoms with Gasteiger partial charge in [0, 0.05) is 14.1 Å². The highest BCUT2D eigenvalue weighted by atomic mass is 32.2. The van der Waals surface area contributed by atoms with Gasteiger partial charge in [0.15, 0.2) is 10.2 Å². The molecule has 0 saturated carbocycles. The molecule has 2 rings (SSSR count). The number of hydrogen-bond acceptors (Lipinski definition) is 9. The highest BCUT2D eigenvalue weighted by Gasteiger charge is 2.19. The van der Waals surface area contributed by atoms with Crippen LogP contribution in [0.3, 0.4) is 0 Å². The number of aromatic nitrogens is 4. The Labute approximate surface area is 127 Å². The molecule has 2 aromatic rings. The Hall–Kier alpha value is -1.30. The minimum absolute atomic E-state index is 0.318. The molecule has 0 aliphatic carbocycles. The molecule has 2 amide bonds. The Bertz CT molecular complexity index is 560. The molecule has 0 aliphatic heterocycles. The van der Waals surface area contributed by atoms with Crippen LogP contribution in [0.15, 0.2) is 9.85 Å². The lowest BCUT2D eigenvalue weighted by Crippen LogP contribution is -2.38.